The zero-order valence-electron chi connectivity index (χ0n) is 16.7. The third kappa shape index (κ3) is 3.00. The number of amides is 1. The van der Waals surface area contributed by atoms with Crippen molar-refractivity contribution < 1.29 is 9.53 Å². The lowest BCUT2D eigenvalue weighted by molar-refractivity contribution is -0.00714. The molecule has 0 saturated heterocycles. The van der Waals surface area contributed by atoms with Gasteiger partial charge in [-0.3, -0.25) is 9.48 Å². The number of nitrogens with zero attached hydrogens (tertiary/aromatic N) is 5. The Balaban J connectivity index is 1.65. The normalized spacial score (nSPS) is 21.6. The molecule has 2 aliphatic heterocycles. The van der Waals surface area contributed by atoms with Crippen molar-refractivity contribution in [3.05, 3.63) is 40.3 Å². The smallest absolute Gasteiger partial charge is 0.272 e. The lowest BCUT2D eigenvalue weighted by atomic mass is 9.97. The minimum Gasteiger partial charge on any atom is -0.369 e. The molecule has 0 fully saturated rings. The zero-order valence-corrected chi connectivity index (χ0v) is 16.7. The maximum Gasteiger partial charge on any atom is 0.272 e. The highest BCUT2D eigenvalue weighted by Gasteiger charge is 2.34. The Hall–Kier alpha value is -2.41. The Morgan fingerprint density at radius 1 is 1.30 bits per heavy atom. The van der Waals surface area contributed by atoms with Gasteiger partial charge in [0.15, 0.2) is 0 Å². The summed E-state index contributed by atoms with van der Waals surface area (Å²) in [7, 11) is 5.87. The van der Waals surface area contributed by atoms with Gasteiger partial charge in [-0.15, -0.1) is 0 Å². The van der Waals surface area contributed by atoms with Crippen LogP contribution in [0.2, 0.25) is 0 Å². The summed E-state index contributed by atoms with van der Waals surface area (Å²) in [6.45, 7) is 5.36. The summed E-state index contributed by atoms with van der Waals surface area (Å²) in [5.74, 6) is 1.05. The molecule has 1 amide bonds. The third-order valence-electron chi connectivity index (χ3n) is 5.53. The van der Waals surface area contributed by atoms with E-state index < -0.39 is 0 Å². The highest BCUT2D eigenvalue weighted by Crippen LogP contribution is 2.33. The Morgan fingerprint density at radius 3 is 2.81 bits per heavy atom. The van der Waals surface area contributed by atoms with E-state index in [1.165, 1.54) is 11.1 Å². The van der Waals surface area contributed by atoms with Crippen molar-refractivity contribution >= 4 is 11.7 Å². The topological polar surface area (TPSA) is 63.5 Å². The first kappa shape index (κ1) is 18.0. The standard InChI is InChI=1S/C20H27N5O2/c1-12-10-16-17(13(2)27-12)22-24(5)18(16)20(26)25-9-7-15-14(11-25)6-8-21-19(15)23(3)4/h6,8,12-13H,7,9-11H2,1-5H3/t12-,13+/m1/s1. The van der Waals surface area contributed by atoms with Crippen LogP contribution in [-0.4, -0.2) is 52.3 Å². The molecule has 7 heteroatoms. The van der Waals surface area contributed by atoms with Gasteiger partial charge in [-0.1, -0.05) is 0 Å². The molecule has 4 rings (SSSR count). The van der Waals surface area contributed by atoms with E-state index in [4.69, 9.17) is 4.74 Å². The van der Waals surface area contributed by atoms with E-state index >= 15 is 0 Å². The van der Waals surface area contributed by atoms with Crippen molar-refractivity contribution in [1.82, 2.24) is 19.7 Å². The first-order chi connectivity index (χ1) is 12.9. The lowest BCUT2D eigenvalue weighted by Gasteiger charge is -2.31. The van der Waals surface area contributed by atoms with Gasteiger partial charge in [0.05, 0.1) is 17.9 Å². The third-order valence-corrected chi connectivity index (χ3v) is 5.53. The second kappa shape index (κ2) is 6.64. The number of carbonyl (C=O) groups is 1. The molecular formula is C20H27N5O2. The van der Waals surface area contributed by atoms with Crippen LogP contribution in [-0.2, 0) is 31.2 Å². The molecule has 27 heavy (non-hydrogen) atoms. The van der Waals surface area contributed by atoms with Crippen LogP contribution in [0.25, 0.3) is 0 Å². The number of ether oxygens (including phenoxy) is 1. The van der Waals surface area contributed by atoms with Gasteiger partial charge >= 0.3 is 0 Å². The fourth-order valence-corrected chi connectivity index (χ4v) is 4.31. The molecule has 0 saturated carbocycles. The average Bonchev–Trinajstić information content (AvgIpc) is 2.96. The van der Waals surface area contributed by atoms with Gasteiger partial charge in [0.2, 0.25) is 0 Å². The largest absolute Gasteiger partial charge is 0.369 e. The van der Waals surface area contributed by atoms with Crippen molar-refractivity contribution in [2.45, 2.75) is 45.4 Å². The summed E-state index contributed by atoms with van der Waals surface area (Å²) < 4.78 is 7.61. The van der Waals surface area contributed by atoms with Crippen molar-refractivity contribution in [3.63, 3.8) is 0 Å². The van der Waals surface area contributed by atoms with E-state index in [-0.39, 0.29) is 18.1 Å². The van der Waals surface area contributed by atoms with Gasteiger partial charge in [0, 0.05) is 58.0 Å². The molecule has 0 spiro atoms. The molecule has 2 aromatic heterocycles. The van der Waals surface area contributed by atoms with Crippen LogP contribution in [0.1, 0.15) is 52.8 Å². The van der Waals surface area contributed by atoms with Gasteiger partial charge in [0.1, 0.15) is 11.5 Å². The van der Waals surface area contributed by atoms with Crippen LogP contribution in [0.15, 0.2) is 12.3 Å². The number of fused-ring (bicyclic) bond motifs is 2. The average molecular weight is 369 g/mol. The molecule has 7 nitrogen and oxygen atoms in total. The Labute approximate surface area is 159 Å². The molecule has 4 heterocycles. The van der Waals surface area contributed by atoms with Crippen LogP contribution in [0.5, 0.6) is 0 Å². The van der Waals surface area contributed by atoms with Crippen molar-refractivity contribution in [2.24, 2.45) is 7.05 Å². The molecule has 144 valence electrons. The van der Waals surface area contributed by atoms with Crippen LogP contribution in [0, 0.1) is 0 Å². The number of carbonyl (C=O) groups excluding carboxylic acids is 1. The van der Waals surface area contributed by atoms with Crippen LogP contribution in [0.4, 0.5) is 5.82 Å². The van der Waals surface area contributed by atoms with Gasteiger partial charge in [-0.2, -0.15) is 5.10 Å². The van der Waals surface area contributed by atoms with E-state index in [0.29, 0.717) is 18.8 Å². The number of rotatable bonds is 2. The van der Waals surface area contributed by atoms with Crippen molar-refractivity contribution in [1.29, 1.82) is 0 Å². The van der Waals surface area contributed by atoms with Crippen molar-refractivity contribution in [2.75, 3.05) is 25.5 Å². The van der Waals surface area contributed by atoms with E-state index in [0.717, 1.165) is 29.9 Å². The molecule has 0 N–H and O–H groups in total. The van der Waals surface area contributed by atoms with E-state index in [2.05, 4.69) is 10.1 Å². The number of aromatic nitrogens is 3. The number of hydrogen-bond donors (Lipinski definition) is 0. The number of pyridine rings is 1. The number of hydrogen-bond acceptors (Lipinski definition) is 5. The fraction of sp³-hybridized carbons (Fsp3) is 0.550. The van der Waals surface area contributed by atoms with Gasteiger partial charge in [-0.05, 0) is 31.9 Å². The predicted molar refractivity (Wildman–Crippen MR) is 103 cm³/mol. The van der Waals surface area contributed by atoms with Crippen LogP contribution < -0.4 is 4.90 Å². The van der Waals surface area contributed by atoms with E-state index in [9.17, 15) is 4.79 Å². The van der Waals surface area contributed by atoms with Crippen molar-refractivity contribution in [3.8, 4) is 0 Å². The summed E-state index contributed by atoms with van der Waals surface area (Å²) >= 11 is 0. The summed E-state index contributed by atoms with van der Waals surface area (Å²) in [5.41, 5.74) is 5.07. The molecule has 0 aromatic carbocycles. The molecule has 2 aliphatic rings. The lowest BCUT2D eigenvalue weighted by Crippen LogP contribution is -2.38. The Morgan fingerprint density at radius 2 is 2.07 bits per heavy atom. The fourth-order valence-electron chi connectivity index (χ4n) is 4.31. The van der Waals surface area contributed by atoms with Crippen LogP contribution in [0.3, 0.4) is 0 Å². The highest BCUT2D eigenvalue weighted by molar-refractivity contribution is 5.94. The first-order valence-electron chi connectivity index (χ1n) is 9.51. The maximum absolute atomic E-state index is 13.4. The molecule has 2 aromatic rings. The molecule has 0 radical (unpaired) electrons. The Kier molecular flexibility index (Phi) is 4.42. The molecule has 0 bridgehead atoms. The summed E-state index contributed by atoms with van der Waals surface area (Å²) in [5, 5.41) is 4.59. The molecule has 2 atom stereocenters. The second-order valence-corrected chi connectivity index (χ2v) is 7.77. The minimum atomic E-state index is -0.0766. The summed E-state index contributed by atoms with van der Waals surface area (Å²) in [6.07, 6.45) is 3.40. The molecular weight excluding hydrogens is 342 g/mol. The molecule has 0 aliphatic carbocycles. The predicted octanol–water partition coefficient (Wildman–Crippen LogP) is 2.10. The SMILES string of the molecule is C[C@@H]1Cc2c(nn(C)c2C(=O)N2CCc3c(ccnc3N(C)C)C2)[C@H](C)O1. The monoisotopic (exact) mass is 369 g/mol. The second-order valence-electron chi connectivity index (χ2n) is 7.77. The van der Waals surface area contributed by atoms with E-state index in [1.54, 1.807) is 4.68 Å². The minimum absolute atomic E-state index is 0.0569. The van der Waals surface area contributed by atoms with Gasteiger partial charge < -0.3 is 14.5 Å². The number of anilines is 1. The molecule has 0 unspecified atom stereocenters. The van der Waals surface area contributed by atoms with E-state index in [1.807, 2.05) is 57.1 Å². The quantitative estimate of drug-likeness (QED) is 0.811. The zero-order chi connectivity index (χ0) is 19.3. The summed E-state index contributed by atoms with van der Waals surface area (Å²) in [4.78, 5) is 21.9. The van der Waals surface area contributed by atoms with Gasteiger partial charge in [-0.25, -0.2) is 4.98 Å². The number of aryl methyl sites for hydroxylation is 1. The van der Waals surface area contributed by atoms with Gasteiger partial charge in [0.25, 0.3) is 5.91 Å². The van der Waals surface area contributed by atoms with Crippen LogP contribution >= 0.6 is 0 Å². The highest BCUT2D eigenvalue weighted by atomic mass is 16.5. The maximum atomic E-state index is 13.4. The summed E-state index contributed by atoms with van der Waals surface area (Å²) in [6, 6.07) is 2.03. The first-order valence-corrected chi connectivity index (χ1v) is 9.51. The Bertz CT molecular complexity index is 889.